The van der Waals surface area contributed by atoms with E-state index in [1.807, 2.05) is 18.2 Å². The van der Waals surface area contributed by atoms with Gasteiger partial charge in [0.2, 0.25) is 11.8 Å². The number of nitrogens with zero attached hydrogens (tertiary/aromatic N) is 5. The first-order valence-electron chi connectivity index (χ1n) is 21.3. The number of amides is 2. The number of piperazine rings is 2. The van der Waals surface area contributed by atoms with Gasteiger partial charge in [0.25, 0.3) is 0 Å². The Morgan fingerprint density at radius 1 is 0.583 bits per heavy atom. The fourth-order valence-electron chi connectivity index (χ4n) is 10.2. The van der Waals surface area contributed by atoms with E-state index in [1.54, 1.807) is 18.2 Å². The van der Waals surface area contributed by atoms with E-state index in [0.29, 0.717) is 59.4 Å². The molecule has 3 aromatic carbocycles. The molecule has 10 nitrogen and oxygen atoms in total. The van der Waals surface area contributed by atoms with Gasteiger partial charge in [-0.05, 0) is 92.8 Å². The molecule has 14 heteroatoms. The van der Waals surface area contributed by atoms with Crippen molar-refractivity contribution in [2.45, 2.75) is 88.7 Å². The van der Waals surface area contributed by atoms with Crippen molar-refractivity contribution in [3.63, 3.8) is 0 Å². The summed E-state index contributed by atoms with van der Waals surface area (Å²) >= 11 is 24.4. The van der Waals surface area contributed by atoms with Crippen LogP contribution in [0.15, 0.2) is 66.7 Å². The molecule has 6 saturated heterocycles. The molecular formula is C46H62Cl4N6O4. The number of carbonyl (C=O) groups is 2. The highest BCUT2D eigenvalue weighted by Crippen LogP contribution is 2.32. The van der Waals surface area contributed by atoms with Crippen molar-refractivity contribution < 1.29 is 20.5 Å². The second-order valence-electron chi connectivity index (χ2n) is 16.8. The van der Waals surface area contributed by atoms with Crippen molar-refractivity contribution in [3.05, 3.63) is 104 Å². The Morgan fingerprint density at radius 2 is 1.10 bits per heavy atom. The van der Waals surface area contributed by atoms with Crippen LogP contribution in [0.2, 0.25) is 20.1 Å². The Balaban J connectivity index is 0.000000203. The van der Waals surface area contributed by atoms with Gasteiger partial charge in [-0.25, -0.2) is 0 Å². The number of nitrogens with one attached hydrogen (secondary N) is 1. The van der Waals surface area contributed by atoms with Crippen LogP contribution in [0.4, 0.5) is 0 Å². The van der Waals surface area contributed by atoms with Gasteiger partial charge in [0.1, 0.15) is 0 Å². The van der Waals surface area contributed by atoms with Gasteiger partial charge < -0.3 is 24.6 Å². The first kappa shape index (κ1) is 45.5. The Bertz CT molecular complexity index is 1900. The maximum atomic E-state index is 13.6. The molecule has 6 aliphatic heterocycles. The molecule has 2 amide bonds. The van der Waals surface area contributed by atoms with E-state index in [4.69, 9.17) is 55.9 Å². The number of benzene rings is 3. The third-order valence-corrected chi connectivity index (χ3v) is 14.6. The van der Waals surface area contributed by atoms with E-state index in [2.05, 4.69) is 60.1 Å². The summed E-state index contributed by atoms with van der Waals surface area (Å²) < 4.78 is 12.0. The van der Waals surface area contributed by atoms with Crippen molar-refractivity contribution in [2.24, 2.45) is 0 Å². The summed E-state index contributed by atoms with van der Waals surface area (Å²) in [7, 11) is 0. The maximum absolute atomic E-state index is 13.6. The van der Waals surface area contributed by atoms with Gasteiger partial charge >= 0.3 is 0 Å². The number of carbonyl (C=O) groups excluding carboxylic acids is 2. The number of hydrogen-bond donors (Lipinski definition) is 1. The largest absolute Gasteiger partial charge is 0.378 e. The van der Waals surface area contributed by atoms with Crippen LogP contribution in [-0.4, -0.2) is 151 Å². The topological polar surface area (TPSA) is 80.8 Å². The molecule has 6 atom stereocenters. The Morgan fingerprint density at radius 3 is 1.67 bits per heavy atom. The average molecular weight is 905 g/mol. The normalized spacial score (nSPS) is 27.3. The maximum Gasteiger partial charge on any atom is 0.227 e. The summed E-state index contributed by atoms with van der Waals surface area (Å²) in [6.07, 6.45) is 5.61. The van der Waals surface area contributed by atoms with Gasteiger partial charge in [0, 0.05) is 34.2 Å². The summed E-state index contributed by atoms with van der Waals surface area (Å²) in [5.41, 5.74) is 3.11. The smallest absolute Gasteiger partial charge is 0.227 e. The molecule has 3 aromatic rings. The zero-order valence-corrected chi connectivity index (χ0v) is 36.7. The minimum absolute atomic E-state index is 0. The fraction of sp³-hybridized carbons (Fsp3) is 0.565. The monoisotopic (exact) mass is 902 g/mol. The number of hydrogen-bond acceptors (Lipinski definition) is 8. The Labute approximate surface area is 377 Å². The molecule has 6 fully saturated rings. The number of ether oxygens (including phenoxy) is 2. The molecule has 0 saturated carbocycles. The van der Waals surface area contributed by atoms with Crippen molar-refractivity contribution in [3.8, 4) is 0 Å². The SMILES string of the molecule is C.O=C(Cc1ccc(Cl)c(Cl)c1)N1CCN(Cc2ccccc2)[C@@H]2COC[C@H](N3CCCC3)[C@H]21.O=C(Cc1ccc(Cl)c(Cl)c1)N1CCN[C@@H]2COC[C@H](N3CCCC3)[C@H]21.[HH]. The van der Waals surface area contributed by atoms with E-state index in [9.17, 15) is 9.59 Å². The zero-order valence-electron chi connectivity index (χ0n) is 33.6. The molecule has 0 aromatic heterocycles. The molecule has 0 aliphatic carbocycles. The molecule has 9 rings (SSSR count). The van der Waals surface area contributed by atoms with Crippen molar-refractivity contribution >= 4 is 58.2 Å². The van der Waals surface area contributed by atoms with Gasteiger partial charge in [0.05, 0.1) is 95.6 Å². The van der Waals surface area contributed by atoms with Crippen LogP contribution in [0.25, 0.3) is 0 Å². The van der Waals surface area contributed by atoms with Crippen LogP contribution in [0, 0.1) is 0 Å². The summed E-state index contributed by atoms with van der Waals surface area (Å²) in [4.78, 5) is 38.5. The van der Waals surface area contributed by atoms with Crippen molar-refractivity contribution in [1.82, 2.24) is 29.8 Å². The minimum Gasteiger partial charge on any atom is -0.378 e. The second kappa shape index (κ2) is 21.3. The number of rotatable bonds is 8. The summed E-state index contributed by atoms with van der Waals surface area (Å²) in [6, 6.07) is 22.7. The molecular weight excluding hydrogens is 842 g/mol. The molecule has 6 aliphatic rings. The molecule has 0 bridgehead atoms. The quantitative estimate of drug-likeness (QED) is 0.255. The lowest BCUT2D eigenvalue weighted by Crippen LogP contribution is -2.71. The zero-order chi connectivity index (χ0) is 40.9. The lowest BCUT2D eigenvalue weighted by Gasteiger charge is -2.54. The summed E-state index contributed by atoms with van der Waals surface area (Å²) in [5.74, 6) is 0.319. The van der Waals surface area contributed by atoms with E-state index in [1.165, 1.54) is 31.2 Å². The van der Waals surface area contributed by atoms with E-state index < -0.39 is 0 Å². The predicted octanol–water partition coefficient (Wildman–Crippen LogP) is 7.19. The highest BCUT2D eigenvalue weighted by Gasteiger charge is 2.48. The molecule has 60 heavy (non-hydrogen) atoms. The summed E-state index contributed by atoms with van der Waals surface area (Å²) in [6.45, 7) is 11.1. The van der Waals surface area contributed by atoms with E-state index >= 15 is 0 Å². The minimum atomic E-state index is 0. The highest BCUT2D eigenvalue weighted by atomic mass is 35.5. The first-order chi connectivity index (χ1) is 28.7. The Kier molecular flexibility index (Phi) is 16.1. The highest BCUT2D eigenvalue weighted by molar-refractivity contribution is 6.42. The van der Waals surface area contributed by atoms with Crippen LogP contribution in [0.5, 0.6) is 0 Å². The van der Waals surface area contributed by atoms with Gasteiger partial charge in [-0.1, -0.05) is 96.3 Å². The summed E-state index contributed by atoms with van der Waals surface area (Å²) in [5, 5.41) is 5.58. The predicted molar refractivity (Wildman–Crippen MR) is 243 cm³/mol. The lowest BCUT2D eigenvalue weighted by molar-refractivity contribution is -0.153. The average Bonchev–Trinajstić information content (AvgIpc) is 4.00. The van der Waals surface area contributed by atoms with Crippen LogP contribution in [0.1, 0.15) is 51.2 Å². The third-order valence-electron chi connectivity index (χ3n) is 13.1. The molecule has 6 heterocycles. The molecule has 1 N–H and O–H groups in total. The van der Waals surface area contributed by atoms with E-state index in [-0.39, 0.29) is 56.9 Å². The van der Waals surface area contributed by atoms with Gasteiger partial charge in [-0.15, -0.1) is 0 Å². The van der Waals surface area contributed by atoms with E-state index in [0.717, 1.165) is 70.0 Å². The van der Waals surface area contributed by atoms with Crippen LogP contribution < -0.4 is 5.32 Å². The second-order valence-corrected chi connectivity index (χ2v) is 18.4. The van der Waals surface area contributed by atoms with Gasteiger partial charge in [-0.3, -0.25) is 24.3 Å². The lowest BCUT2D eigenvalue weighted by atomic mass is 9.90. The fourth-order valence-corrected chi connectivity index (χ4v) is 10.8. The third kappa shape index (κ3) is 10.6. The molecule has 0 radical (unpaired) electrons. The Hall–Kier alpha value is -2.48. The molecule has 328 valence electrons. The standard InChI is InChI=1S/C26H31Cl2N3O2.C19H25Cl2N3O2.CH4.H2/c27-21-9-8-20(14-22(21)28)15-25(32)31-13-12-30(16-19-6-2-1-3-7-19)24-18-33-17-23(26(24)31)29-10-4-5-11-29;20-14-4-3-13(9-15(14)21)10-18(25)24-8-5-22-16-11-26-12-17(19(16)24)23-6-1-2-7-23;;/h1-3,6-9,14,23-24,26H,4-5,10-13,15-18H2;3-4,9,16-17,19,22H,1-2,5-8,10-12H2;1H4;1H/t23-,24+,26+;16-,17+,19+;;/m01../s1. The van der Waals surface area contributed by atoms with Gasteiger partial charge in [-0.2, -0.15) is 0 Å². The number of fused-ring (bicyclic) bond motifs is 2. The van der Waals surface area contributed by atoms with Crippen LogP contribution >= 0.6 is 46.4 Å². The first-order valence-corrected chi connectivity index (χ1v) is 22.9. The number of likely N-dealkylation sites (tertiary alicyclic amines) is 2. The van der Waals surface area contributed by atoms with Crippen LogP contribution in [-0.2, 0) is 38.4 Å². The van der Waals surface area contributed by atoms with Crippen LogP contribution in [0.3, 0.4) is 0 Å². The van der Waals surface area contributed by atoms with Crippen molar-refractivity contribution in [1.29, 1.82) is 0 Å². The number of halogens is 4. The van der Waals surface area contributed by atoms with Gasteiger partial charge in [0.15, 0.2) is 0 Å². The molecule has 0 unspecified atom stereocenters. The van der Waals surface area contributed by atoms with Crippen molar-refractivity contribution in [2.75, 3.05) is 78.8 Å². The molecule has 0 spiro atoms.